The lowest BCUT2D eigenvalue weighted by Crippen LogP contribution is -2.27. The zero-order valence-electron chi connectivity index (χ0n) is 9.35. The third-order valence-electron chi connectivity index (χ3n) is 2.39. The Bertz CT molecular complexity index is 393. The summed E-state index contributed by atoms with van der Waals surface area (Å²) in [5.74, 6) is 0. The standard InChI is InChI=1S/C11H13BrF3NO/c1-6(7(2)17)16-8-3-4-10(12)9(5-8)11(13,14)15/h3-7,16-17H,1-2H3. The molecule has 0 aliphatic rings. The van der Waals surface area contributed by atoms with Gasteiger partial charge in [-0.2, -0.15) is 13.2 Å². The van der Waals surface area contributed by atoms with Crippen LogP contribution in [0.3, 0.4) is 0 Å². The van der Waals surface area contributed by atoms with E-state index in [0.29, 0.717) is 5.69 Å². The molecular formula is C11H13BrF3NO. The number of nitrogens with one attached hydrogen (secondary N) is 1. The summed E-state index contributed by atoms with van der Waals surface area (Å²) in [6, 6.07) is 3.55. The second kappa shape index (κ2) is 5.27. The van der Waals surface area contributed by atoms with Gasteiger partial charge in [0.25, 0.3) is 0 Å². The molecular weight excluding hydrogens is 299 g/mol. The van der Waals surface area contributed by atoms with E-state index in [9.17, 15) is 18.3 Å². The number of anilines is 1. The summed E-state index contributed by atoms with van der Waals surface area (Å²) in [6.07, 6.45) is -5.04. The van der Waals surface area contributed by atoms with Crippen molar-refractivity contribution in [3.05, 3.63) is 28.2 Å². The highest BCUT2D eigenvalue weighted by atomic mass is 79.9. The van der Waals surface area contributed by atoms with E-state index in [1.165, 1.54) is 12.1 Å². The lowest BCUT2D eigenvalue weighted by molar-refractivity contribution is -0.138. The topological polar surface area (TPSA) is 32.3 Å². The molecule has 2 N–H and O–H groups in total. The van der Waals surface area contributed by atoms with E-state index in [0.717, 1.165) is 6.07 Å². The normalized spacial score (nSPS) is 15.5. The van der Waals surface area contributed by atoms with Crippen molar-refractivity contribution in [2.24, 2.45) is 0 Å². The highest BCUT2D eigenvalue weighted by Gasteiger charge is 2.33. The molecule has 1 aromatic carbocycles. The Morgan fingerprint density at radius 3 is 2.35 bits per heavy atom. The summed E-state index contributed by atoms with van der Waals surface area (Å²) >= 11 is 2.86. The molecule has 0 amide bonds. The molecule has 0 spiro atoms. The van der Waals surface area contributed by atoms with Crippen molar-refractivity contribution in [3.8, 4) is 0 Å². The highest BCUT2D eigenvalue weighted by Crippen LogP contribution is 2.36. The molecule has 1 rings (SSSR count). The number of hydrogen-bond acceptors (Lipinski definition) is 2. The van der Waals surface area contributed by atoms with Crippen LogP contribution in [0.2, 0.25) is 0 Å². The molecule has 0 bridgehead atoms. The van der Waals surface area contributed by atoms with Gasteiger partial charge in [0.15, 0.2) is 0 Å². The number of hydrogen-bond donors (Lipinski definition) is 2. The molecule has 96 valence electrons. The number of benzene rings is 1. The van der Waals surface area contributed by atoms with Crippen molar-refractivity contribution in [3.63, 3.8) is 0 Å². The summed E-state index contributed by atoms with van der Waals surface area (Å²) < 4.78 is 37.9. The predicted octanol–water partition coefficient (Wildman–Crippen LogP) is 3.65. The molecule has 0 heterocycles. The number of halogens is 4. The van der Waals surface area contributed by atoms with Gasteiger partial charge < -0.3 is 10.4 Å². The molecule has 0 saturated heterocycles. The molecule has 0 aromatic heterocycles. The van der Waals surface area contributed by atoms with E-state index in [1.807, 2.05) is 0 Å². The van der Waals surface area contributed by atoms with E-state index < -0.39 is 17.8 Å². The third kappa shape index (κ3) is 3.89. The Kier molecular flexibility index (Phi) is 4.43. The first-order valence-electron chi connectivity index (χ1n) is 5.03. The van der Waals surface area contributed by atoms with Crippen LogP contribution in [0.4, 0.5) is 18.9 Å². The van der Waals surface area contributed by atoms with Crippen molar-refractivity contribution < 1.29 is 18.3 Å². The summed E-state index contributed by atoms with van der Waals surface area (Å²) in [6.45, 7) is 3.27. The van der Waals surface area contributed by atoms with Gasteiger partial charge >= 0.3 is 6.18 Å². The van der Waals surface area contributed by atoms with Gasteiger partial charge in [0.2, 0.25) is 0 Å². The van der Waals surface area contributed by atoms with Crippen molar-refractivity contribution >= 4 is 21.6 Å². The highest BCUT2D eigenvalue weighted by molar-refractivity contribution is 9.10. The van der Waals surface area contributed by atoms with Gasteiger partial charge in [-0.3, -0.25) is 0 Å². The molecule has 0 aliphatic carbocycles. The van der Waals surface area contributed by atoms with Crippen molar-refractivity contribution in [2.45, 2.75) is 32.2 Å². The van der Waals surface area contributed by atoms with Gasteiger partial charge in [-0.1, -0.05) is 15.9 Å². The second-order valence-electron chi connectivity index (χ2n) is 3.87. The van der Waals surface area contributed by atoms with E-state index >= 15 is 0 Å². The summed E-state index contributed by atoms with van der Waals surface area (Å²) in [5, 5.41) is 12.1. The van der Waals surface area contributed by atoms with Crippen LogP contribution in [-0.4, -0.2) is 17.3 Å². The van der Waals surface area contributed by atoms with Crippen molar-refractivity contribution in [2.75, 3.05) is 5.32 Å². The van der Waals surface area contributed by atoms with E-state index in [-0.39, 0.29) is 10.5 Å². The third-order valence-corrected chi connectivity index (χ3v) is 3.08. The van der Waals surface area contributed by atoms with Crippen LogP contribution in [0.1, 0.15) is 19.4 Å². The Morgan fingerprint density at radius 1 is 1.29 bits per heavy atom. The van der Waals surface area contributed by atoms with Gasteiger partial charge in [0.05, 0.1) is 11.7 Å². The van der Waals surface area contributed by atoms with Crippen LogP contribution in [0.25, 0.3) is 0 Å². The number of aliphatic hydroxyl groups excluding tert-OH is 1. The van der Waals surface area contributed by atoms with Crippen LogP contribution < -0.4 is 5.32 Å². The molecule has 2 unspecified atom stereocenters. The van der Waals surface area contributed by atoms with Crippen molar-refractivity contribution in [1.82, 2.24) is 0 Å². The molecule has 0 aliphatic heterocycles. The average molecular weight is 312 g/mol. The fourth-order valence-electron chi connectivity index (χ4n) is 1.22. The average Bonchev–Trinajstić information content (AvgIpc) is 2.19. The first-order valence-corrected chi connectivity index (χ1v) is 5.82. The second-order valence-corrected chi connectivity index (χ2v) is 4.72. The maximum atomic E-state index is 12.6. The van der Waals surface area contributed by atoms with E-state index in [1.54, 1.807) is 13.8 Å². The SMILES string of the molecule is CC(O)C(C)Nc1ccc(Br)c(C(F)(F)F)c1. The molecule has 2 atom stereocenters. The summed E-state index contributed by atoms with van der Waals surface area (Å²) in [4.78, 5) is 0. The van der Waals surface area contributed by atoms with Crippen LogP contribution >= 0.6 is 15.9 Å². The Labute approximate surface area is 106 Å². The first kappa shape index (κ1) is 14.3. The number of aliphatic hydroxyl groups is 1. The predicted molar refractivity (Wildman–Crippen MR) is 63.9 cm³/mol. The first-order chi connectivity index (χ1) is 7.71. The largest absolute Gasteiger partial charge is 0.417 e. The number of rotatable bonds is 3. The molecule has 2 nitrogen and oxygen atoms in total. The van der Waals surface area contributed by atoms with Crippen LogP contribution in [0.15, 0.2) is 22.7 Å². The Hall–Kier alpha value is -0.750. The van der Waals surface area contributed by atoms with Gasteiger partial charge in [0.1, 0.15) is 0 Å². The maximum Gasteiger partial charge on any atom is 0.417 e. The lowest BCUT2D eigenvalue weighted by Gasteiger charge is -2.19. The quantitative estimate of drug-likeness (QED) is 0.893. The fraction of sp³-hybridized carbons (Fsp3) is 0.455. The minimum Gasteiger partial charge on any atom is -0.391 e. The van der Waals surface area contributed by atoms with E-state index in [2.05, 4.69) is 21.2 Å². The maximum absolute atomic E-state index is 12.6. The minimum absolute atomic E-state index is 0.000231. The fourth-order valence-corrected chi connectivity index (χ4v) is 1.69. The lowest BCUT2D eigenvalue weighted by atomic mass is 10.1. The molecule has 0 fully saturated rings. The van der Waals surface area contributed by atoms with Crippen LogP contribution in [0.5, 0.6) is 0 Å². The monoisotopic (exact) mass is 311 g/mol. The molecule has 0 saturated carbocycles. The van der Waals surface area contributed by atoms with Crippen LogP contribution in [0, 0.1) is 0 Å². The zero-order chi connectivity index (χ0) is 13.2. The van der Waals surface area contributed by atoms with Gasteiger partial charge in [0, 0.05) is 16.2 Å². The smallest absolute Gasteiger partial charge is 0.391 e. The minimum atomic E-state index is -4.40. The van der Waals surface area contributed by atoms with Gasteiger partial charge in [-0.05, 0) is 32.0 Å². The Balaban J connectivity index is 2.97. The summed E-state index contributed by atoms with van der Waals surface area (Å²) in [7, 11) is 0. The Morgan fingerprint density at radius 2 is 1.88 bits per heavy atom. The molecule has 0 radical (unpaired) electrons. The molecule has 1 aromatic rings. The van der Waals surface area contributed by atoms with Gasteiger partial charge in [-0.15, -0.1) is 0 Å². The zero-order valence-corrected chi connectivity index (χ0v) is 10.9. The van der Waals surface area contributed by atoms with E-state index in [4.69, 9.17) is 0 Å². The van der Waals surface area contributed by atoms with Gasteiger partial charge in [-0.25, -0.2) is 0 Å². The summed E-state index contributed by atoms with van der Waals surface area (Å²) in [5.41, 5.74) is -0.408. The molecule has 17 heavy (non-hydrogen) atoms. The van der Waals surface area contributed by atoms with Crippen molar-refractivity contribution in [1.29, 1.82) is 0 Å². The van der Waals surface area contributed by atoms with Crippen LogP contribution in [-0.2, 0) is 6.18 Å². The number of alkyl halides is 3. The molecule has 6 heteroatoms.